The normalized spacial score (nSPS) is 14.0. The largest absolute Gasteiger partial charge is 0.492 e. The molecule has 1 aliphatic rings. The molecule has 1 atom stereocenters. The fourth-order valence-corrected chi connectivity index (χ4v) is 6.30. The maximum Gasteiger partial charge on any atom is 0.255 e. The van der Waals surface area contributed by atoms with Crippen molar-refractivity contribution in [3.05, 3.63) is 92.6 Å². The van der Waals surface area contributed by atoms with Crippen LogP contribution in [0.25, 0.3) is 0 Å². The zero-order valence-electron chi connectivity index (χ0n) is 25.5. The summed E-state index contributed by atoms with van der Waals surface area (Å²) in [5.41, 5.74) is 3.45. The van der Waals surface area contributed by atoms with Gasteiger partial charge in [-0.3, -0.25) is 4.79 Å². The summed E-state index contributed by atoms with van der Waals surface area (Å²) in [6.07, 6.45) is 0.984. The van der Waals surface area contributed by atoms with E-state index >= 15 is 0 Å². The molecule has 0 bridgehead atoms. The van der Waals surface area contributed by atoms with Crippen molar-refractivity contribution in [2.45, 2.75) is 51.9 Å². The van der Waals surface area contributed by atoms with E-state index in [1.807, 2.05) is 81.4 Å². The van der Waals surface area contributed by atoms with Gasteiger partial charge in [0.1, 0.15) is 18.4 Å². The Morgan fingerprint density at radius 1 is 1.04 bits per heavy atom. The standard InChI is InChI=1S/C33H35BrClN5O4S/c1-5-16-45-33-38-32-36-20(4)28(31(41)37-25-10-8-9-11-26(25)42-6-2)29(40(32)39-33)22-17-24(34)30(27(18-22)43-7-3)44-19-21-12-14-23(35)15-13-21/h8-15,17-18,29H,5-7,16,19H2,1-4H3,(H,37,41)(H,36,38,39). The van der Waals surface area contributed by atoms with Crippen molar-refractivity contribution in [2.24, 2.45) is 0 Å². The highest BCUT2D eigenvalue weighted by molar-refractivity contribution is 9.10. The maximum atomic E-state index is 14.1. The van der Waals surface area contributed by atoms with Crippen LogP contribution in [0.15, 0.2) is 81.6 Å². The number of carbonyl (C=O) groups is 1. The van der Waals surface area contributed by atoms with E-state index in [1.165, 1.54) is 0 Å². The van der Waals surface area contributed by atoms with E-state index in [0.29, 0.717) is 74.6 Å². The van der Waals surface area contributed by atoms with Gasteiger partial charge in [-0.2, -0.15) is 4.98 Å². The fourth-order valence-electron chi connectivity index (χ4n) is 4.91. The molecule has 3 aromatic carbocycles. The molecule has 12 heteroatoms. The van der Waals surface area contributed by atoms with E-state index < -0.39 is 6.04 Å². The average molecular weight is 713 g/mol. The van der Waals surface area contributed by atoms with Gasteiger partial charge in [-0.25, -0.2) is 4.68 Å². The monoisotopic (exact) mass is 711 g/mol. The first-order valence-electron chi connectivity index (χ1n) is 14.8. The third-order valence-electron chi connectivity index (χ3n) is 6.89. The van der Waals surface area contributed by atoms with Crippen molar-refractivity contribution >= 4 is 56.8 Å². The Balaban J connectivity index is 1.56. The van der Waals surface area contributed by atoms with Gasteiger partial charge in [0.05, 0.1) is 28.9 Å². The molecule has 0 radical (unpaired) electrons. The number of hydrogen-bond donors (Lipinski definition) is 2. The van der Waals surface area contributed by atoms with Gasteiger partial charge in [-0.05, 0) is 90.6 Å². The summed E-state index contributed by atoms with van der Waals surface area (Å²) < 4.78 is 20.6. The molecule has 2 N–H and O–H groups in total. The molecule has 1 amide bonds. The molecule has 0 fully saturated rings. The van der Waals surface area contributed by atoms with Crippen LogP contribution in [0, 0.1) is 0 Å². The van der Waals surface area contributed by atoms with Crippen molar-refractivity contribution in [1.29, 1.82) is 0 Å². The number of allylic oxidation sites excluding steroid dienone is 1. The summed E-state index contributed by atoms with van der Waals surface area (Å²) in [4.78, 5) is 18.9. The SMILES string of the molecule is CCCSc1nc2n(n1)C(c1cc(Br)c(OCc3ccc(Cl)cc3)c(OCC)c1)C(C(=O)Nc1ccccc1OCC)=C(C)N2. The third kappa shape index (κ3) is 7.59. The molecule has 0 saturated carbocycles. The summed E-state index contributed by atoms with van der Waals surface area (Å²) in [7, 11) is 0. The number of nitrogens with zero attached hydrogens (tertiary/aromatic N) is 3. The Hall–Kier alpha value is -3.67. The van der Waals surface area contributed by atoms with Crippen LogP contribution in [0.3, 0.4) is 0 Å². The Morgan fingerprint density at radius 2 is 1.78 bits per heavy atom. The zero-order valence-corrected chi connectivity index (χ0v) is 28.7. The Kier molecular flexibility index (Phi) is 11.0. The van der Waals surface area contributed by atoms with E-state index in [1.54, 1.807) is 16.4 Å². The molecule has 4 aromatic rings. The van der Waals surface area contributed by atoms with Gasteiger partial charge < -0.3 is 24.8 Å². The van der Waals surface area contributed by atoms with Gasteiger partial charge in [0.15, 0.2) is 11.5 Å². The Labute approximate surface area is 280 Å². The van der Waals surface area contributed by atoms with E-state index in [4.69, 9.17) is 35.9 Å². The van der Waals surface area contributed by atoms with Crippen LogP contribution in [0.1, 0.15) is 51.3 Å². The second kappa shape index (κ2) is 15.1. The molecule has 0 aliphatic carbocycles. The number of hydrogen-bond acceptors (Lipinski definition) is 8. The minimum Gasteiger partial charge on any atom is -0.492 e. The molecule has 0 spiro atoms. The van der Waals surface area contributed by atoms with Crippen LogP contribution >= 0.6 is 39.3 Å². The lowest BCUT2D eigenvalue weighted by Crippen LogP contribution is -2.31. The molecule has 45 heavy (non-hydrogen) atoms. The van der Waals surface area contributed by atoms with E-state index in [-0.39, 0.29) is 5.91 Å². The van der Waals surface area contributed by atoms with Gasteiger partial charge in [-0.1, -0.05) is 54.6 Å². The smallest absolute Gasteiger partial charge is 0.255 e. The predicted molar refractivity (Wildman–Crippen MR) is 183 cm³/mol. The van der Waals surface area contributed by atoms with Crippen LogP contribution in [0.4, 0.5) is 11.6 Å². The van der Waals surface area contributed by atoms with E-state index in [2.05, 4.69) is 33.5 Å². The first-order chi connectivity index (χ1) is 21.8. The number of rotatable bonds is 13. The molecule has 236 valence electrons. The Morgan fingerprint density at radius 3 is 2.51 bits per heavy atom. The summed E-state index contributed by atoms with van der Waals surface area (Å²) in [5.74, 6) is 2.82. The summed E-state index contributed by atoms with van der Waals surface area (Å²) in [6.45, 7) is 9.02. The predicted octanol–water partition coefficient (Wildman–Crippen LogP) is 8.50. The molecule has 5 rings (SSSR count). The van der Waals surface area contributed by atoms with Crippen LogP contribution in [0.2, 0.25) is 5.02 Å². The van der Waals surface area contributed by atoms with Crippen molar-refractivity contribution < 1.29 is 19.0 Å². The first kappa shape index (κ1) is 32.7. The van der Waals surface area contributed by atoms with Crippen LogP contribution in [-0.4, -0.2) is 39.6 Å². The second-order valence-electron chi connectivity index (χ2n) is 10.1. The zero-order chi connectivity index (χ0) is 31.9. The molecule has 2 heterocycles. The third-order valence-corrected chi connectivity index (χ3v) is 8.78. The quantitative estimate of drug-likeness (QED) is 0.133. The number of aromatic nitrogens is 3. The molecule has 1 unspecified atom stereocenters. The molecular weight excluding hydrogens is 678 g/mol. The van der Waals surface area contributed by atoms with Gasteiger partial charge in [0.2, 0.25) is 11.1 Å². The number of benzene rings is 3. The van der Waals surface area contributed by atoms with Crippen LogP contribution in [-0.2, 0) is 11.4 Å². The highest BCUT2D eigenvalue weighted by atomic mass is 79.9. The van der Waals surface area contributed by atoms with E-state index in [9.17, 15) is 4.79 Å². The molecule has 1 aliphatic heterocycles. The lowest BCUT2D eigenvalue weighted by molar-refractivity contribution is -0.113. The van der Waals surface area contributed by atoms with Crippen LogP contribution in [0.5, 0.6) is 17.2 Å². The lowest BCUT2D eigenvalue weighted by atomic mass is 9.94. The number of carbonyl (C=O) groups excluding carboxylic acids is 1. The molecular formula is C33H35BrClN5O4S. The number of para-hydroxylation sites is 2. The summed E-state index contributed by atoms with van der Waals surface area (Å²) in [5, 5.41) is 12.5. The maximum absolute atomic E-state index is 14.1. The summed E-state index contributed by atoms with van der Waals surface area (Å²) >= 11 is 11.4. The molecule has 0 saturated heterocycles. The number of thioether (sulfide) groups is 1. The van der Waals surface area contributed by atoms with Gasteiger partial charge in [0, 0.05) is 16.5 Å². The van der Waals surface area contributed by atoms with E-state index in [0.717, 1.165) is 23.3 Å². The number of nitrogens with one attached hydrogen (secondary N) is 2. The van der Waals surface area contributed by atoms with Gasteiger partial charge in [-0.15, -0.1) is 5.10 Å². The van der Waals surface area contributed by atoms with Gasteiger partial charge in [0.25, 0.3) is 5.91 Å². The number of ether oxygens (including phenoxy) is 3. The average Bonchev–Trinajstić information content (AvgIpc) is 3.43. The second-order valence-corrected chi connectivity index (χ2v) is 12.5. The number of halogens is 2. The Bertz CT molecular complexity index is 1700. The van der Waals surface area contributed by atoms with Crippen molar-refractivity contribution in [3.63, 3.8) is 0 Å². The molecule has 9 nitrogen and oxygen atoms in total. The van der Waals surface area contributed by atoms with Crippen LogP contribution < -0.4 is 24.8 Å². The van der Waals surface area contributed by atoms with Crippen molar-refractivity contribution in [3.8, 4) is 17.2 Å². The fraction of sp³-hybridized carbons (Fsp3) is 0.303. The first-order valence-corrected chi connectivity index (χ1v) is 16.9. The number of anilines is 2. The van der Waals surface area contributed by atoms with Crippen molar-refractivity contribution in [2.75, 3.05) is 29.6 Å². The number of amides is 1. The topological polar surface area (TPSA) is 99.5 Å². The lowest BCUT2D eigenvalue weighted by Gasteiger charge is -2.29. The number of fused-ring (bicyclic) bond motifs is 1. The highest BCUT2D eigenvalue weighted by Crippen LogP contribution is 2.44. The minimum absolute atomic E-state index is 0.293. The minimum atomic E-state index is -0.621. The highest BCUT2D eigenvalue weighted by Gasteiger charge is 2.36. The van der Waals surface area contributed by atoms with Gasteiger partial charge >= 0.3 is 0 Å². The summed E-state index contributed by atoms with van der Waals surface area (Å²) in [6, 6.07) is 18.1. The molecule has 1 aromatic heterocycles. The van der Waals surface area contributed by atoms with Crippen molar-refractivity contribution in [1.82, 2.24) is 14.8 Å².